The van der Waals surface area contributed by atoms with Crippen LogP contribution in [-0.2, 0) is 10.9 Å². The largest absolute Gasteiger partial charge is 0.496 e. The number of halogens is 3. The third-order valence-electron chi connectivity index (χ3n) is 5.65. The molecule has 1 aromatic carbocycles. The van der Waals surface area contributed by atoms with Crippen molar-refractivity contribution in [3.05, 3.63) is 41.1 Å². The lowest BCUT2D eigenvalue weighted by atomic mass is 9.90. The van der Waals surface area contributed by atoms with E-state index in [-0.39, 0.29) is 11.7 Å². The summed E-state index contributed by atoms with van der Waals surface area (Å²) in [6, 6.07) is 4.85. The second kappa shape index (κ2) is 9.77. The van der Waals surface area contributed by atoms with E-state index in [1.807, 2.05) is 0 Å². The zero-order valence-electron chi connectivity index (χ0n) is 19.9. The number of aliphatic hydroxyl groups is 1. The fourth-order valence-electron chi connectivity index (χ4n) is 3.98. The monoisotopic (exact) mass is 481 g/mol. The summed E-state index contributed by atoms with van der Waals surface area (Å²) >= 11 is 0. The third-order valence-corrected chi connectivity index (χ3v) is 5.65. The van der Waals surface area contributed by atoms with Crippen molar-refractivity contribution in [2.24, 2.45) is 5.92 Å². The summed E-state index contributed by atoms with van der Waals surface area (Å²) in [4.78, 5) is 14.0. The molecule has 1 fully saturated rings. The number of benzene rings is 1. The van der Waals surface area contributed by atoms with Gasteiger partial charge in [0, 0.05) is 24.6 Å². The summed E-state index contributed by atoms with van der Waals surface area (Å²) in [5, 5.41) is 19.3. The van der Waals surface area contributed by atoms with Crippen molar-refractivity contribution in [1.29, 1.82) is 0 Å². The number of hydrogen-bond acceptors (Lipinski definition) is 6. The molecular weight excluding hydrogens is 451 g/mol. The molecule has 3 rings (SSSR count). The minimum Gasteiger partial charge on any atom is -0.496 e. The summed E-state index contributed by atoms with van der Waals surface area (Å²) in [6.45, 7) is 8.01. The maximum Gasteiger partial charge on any atom is 0.416 e. The van der Waals surface area contributed by atoms with Crippen LogP contribution in [0.3, 0.4) is 0 Å². The zero-order valence-corrected chi connectivity index (χ0v) is 19.9. The smallest absolute Gasteiger partial charge is 0.416 e. The summed E-state index contributed by atoms with van der Waals surface area (Å²) in [6.07, 6.45) is -4.45. The van der Waals surface area contributed by atoms with Crippen LogP contribution in [-0.4, -0.2) is 52.1 Å². The van der Waals surface area contributed by atoms with Crippen LogP contribution in [0, 0.1) is 12.8 Å². The SMILES string of the molecule is COc1cc(C(F)(F)F)ccc1-c1nnc([C@H](O)C2CCCN(C(=O)OC(C)(C)C)C2)cc1C. The van der Waals surface area contributed by atoms with Gasteiger partial charge < -0.3 is 19.5 Å². The standard InChI is InChI=1S/C24H30F3N3O4/c1-14-11-18(21(31)15-7-6-10-30(13-15)22(32)34-23(2,3)4)28-29-20(14)17-9-8-16(24(25,26)27)12-19(17)33-5/h8-9,11-12,15,21,31H,6-7,10,13H2,1-5H3/t15?,21-/m1/s1. The molecule has 1 aromatic heterocycles. The van der Waals surface area contributed by atoms with Gasteiger partial charge in [0.05, 0.1) is 24.1 Å². The van der Waals surface area contributed by atoms with E-state index in [2.05, 4.69) is 10.2 Å². The molecule has 1 aliphatic rings. The zero-order chi connectivity index (χ0) is 25.3. The lowest BCUT2D eigenvalue weighted by molar-refractivity contribution is -0.137. The number of aryl methyl sites for hydroxylation is 1. The molecule has 2 aromatic rings. The lowest BCUT2D eigenvalue weighted by Crippen LogP contribution is -2.44. The van der Waals surface area contributed by atoms with Gasteiger partial charge in [-0.3, -0.25) is 0 Å². The molecular formula is C24H30F3N3O4. The van der Waals surface area contributed by atoms with Crippen molar-refractivity contribution < 1.29 is 32.5 Å². The fraction of sp³-hybridized carbons (Fsp3) is 0.542. The molecule has 1 unspecified atom stereocenters. The van der Waals surface area contributed by atoms with Crippen molar-refractivity contribution in [1.82, 2.24) is 15.1 Å². The van der Waals surface area contributed by atoms with Crippen LogP contribution in [0.1, 0.15) is 56.5 Å². The number of hydrogen-bond donors (Lipinski definition) is 1. The highest BCUT2D eigenvalue weighted by Crippen LogP contribution is 2.38. The van der Waals surface area contributed by atoms with Crippen molar-refractivity contribution in [2.45, 2.75) is 58.4 Å². The third kappa shape index (κ3) is 5.97. The van der Waals surface area contributed by atoms with E-state index >= 15 is 0 Å². The number of rotatable bonds is 4. The molecule has 34 heavy (non-hydrogen) atoms. The van der Waals surface area contributed by atoms with E-state index in [4.69, 9.17) is 9.47 Å². The highest BCUT2D eigenvalue weighted by Gasteiger charge is 2.33. The topological polar surface area (TPSA) is 84.8 Å². The number of alkyl halides is 3. The van der Waals surface area contributed by atoms with E-state index < -0.39 is 29.5 Å². The van der Waals surface area contributed by atoms with Gasteiger partial charge in [0.25, 0.3) is 0 Å². The molecule has 7 nitrogen and oxygen atoms in total. The number of methoxy groups -OCH3 is 1. The van der Waals surface area contributed by atoms with Crippen LogP contribution < -0.4 is 4.74 Å². The van der Waals surface area contributed by atoms with Crippen LogP contribution in [0.4, 0.5) is 18.0 Å². The number of aliphatic hydroxyl groups excluding tert-OH is 1. The average Bonchev–Trinajstić information content (AvgIpc) is 2.76. The number of piperidine rings is 1. The van der Waals surface area contributed by atoms with Crippen molar-refractivity contribution >= 4 is 6.09 Å². The number of ether oxygens (including phenoxy) is 2. The summed E-state index contributed by atoms with van der Waals surface area (Å²) < 4.78 is 49.8. The van der Waals surface area contributed by atoms with Crippen LogP contribution in [0.15, 0.2) is 24.3 Å². The minimum absolute atomic E-state index is 0.0285. The van der Waals surface area contributed by atoms with Gasteiger partial charge in [-0.1, -0.05) is 0 Å². The molecule has 186 valence electrons. The molecule has 10 heteroatoms. The van der Waals surface area contributed by atoms with Gasteiger partial charge in [0.15, 0.2) is 0 Å². The quantitative estimate of drug-likeness (QED) is 0.649. The first-order valence-electron chi connectivity index (χ1n) is 11.1. The van der Waals surface area contributed by atoms with Crippen molar-refractivity contribution in [3.63, 3.8) is 0 Å². The summed E-state index contributed by atoms with van der Waals surface area (Å²) in [7, 11) is 1.29. The lowest BCUT2D eigenvalue weighted by Gasteiger charge is -2.35. The molecule has 0 radical (unpaired) electrons. The van der Waals surface area contributed by atoms with Gasteiger partial charge in [-0.15, -0.1) is 5.10 Å². The number of nitrogens with zero attached hydrogens (tertiary/aromatic N) is 3. The Bertz CT molecular complexity index is 1040. The normalized spacial score (nSPS) is 17.9. The second-order valence-electron chi connectivity index (χ2n) is 9.49. The highest BCUT2D eigenvalue weighted by molar-refractivity contribution is 5.70. The Balaban J connectivity index is 1.80. The molecule has 1 N–H and O–H groups in total. The van der Waals surface area contributed by atoms with Crippen LogP contribution in [0.5, 0.6) is 5.75 Å². The van der Waals surface area contributed by atoms with Gasteiger partial charge in [0.1, 0.15) is 17.5 Å². The first-order valence-corrected chi connectivity index (χ1v) is 11.1. The Morgan fingerprint density at radius 3 is 2.50 bits per heavy atom. The van der Waals surface area contributed by atoms with E-state index in [9.17, 15) is 23.1 Å². The summed E-state index contributed by atoms with van der Waals surface area (Å²) in [5.41, 5.74) is 0.263. The van der Waals surface area contributed by atoms with E-state index in [1.54, 1.807) is 38.7 Å². The van der Waals surface area contributed by atoms with Crippen LogP contribution in [0.2, 0.25) is 0 Å². The maximum absolute atomic E-state index is 13.1. The average molecular weight is 482 g/mol. The van der Waals surface area contributed by atoms with E-state index in [0.29, 0.717) is 48.4 Å². The molecule has 1 amide bonds. The molecule has 0 aliphatic carbocycles. The second-order valence-corrected chi connectivity index (χ2v) is 9.49. The van der Waals surface area contributed by atoms with Gasteiger partial charge in [-0.2, -0.15) is 18.3 Å². The Labute approximate surface area is 196 Å². The van der Waals surface area contributed by atoms with Crippen LogP contribution >= 0.6 is 0 Å². The van der Waals surface area contributed by atoms with Crippen LogP contribution in [0.25, 0.3) is 11.3 Å². The number of carbonyl (C=O) groups excluding carboxylic acids is 1. The molecule has 0 spiro atoms. The highest BCUT2D eigenvalue weighted by atomic mass is 19.4. The number of likely N-dealkylation sites (tertiary alicyclic amines) is 1. The Morgan fingerprint density at radius 1 is 1.21 bits per heavy atom. The van der Waals surface area contributed by atoms with Crippen molar-refractivity contribution in [2.75, 3.05) is 20.2 Å². The minimum atomic E-state index is -4.49. The molecule has 0 saturated carbocycles. The van der Waals surface area contributed by atoms with E-state index in [0.717, 1.165) is 12.1 Å². The van der Waals surface area contributed by atoms with Gasteiger partial charge >= 0.3 is 12.3 Å². The molecule has 2 heterocycles. The molecule has 0 bridgehead atoms. The Kier molecular flexibility index (Phi) is 7.40. The van der Waals surface area contributed by atoms with E-state index in [1.165, 1.54) is 13.2 Å². The molecule has 2 atom stereocenters. The number of carbonyl (C=O) groups is 1. The predicted octanol–water partition coefficient (Wildman–Crippen LogP) is 5.16. The van der Waals surface area contributed by atoms with Gasteiger partial charge in [-0.05, 0) is 70.4 Å². The summed E-state index contributed by atoms with van der Waals surface area (Å²) in [5.74, 6) is -0.220. The maximum atomic E-state index is 13.1. The number of aromatic nitrogens is 2. The van der Waals surface area contributed by atoms with Crippen molar-refractivity contribution in [3.8, 4) is 17.0 Å². The predicted molar refractivity (Wildman–Crippen MR) is 119 cm³/mol. The number of amides is 1. The van der Waals surface area contributed by atoms with Gasteiger partial charge in [0.2, 0.25) is 0 Å². The first kappa shape index (κ1) is 25.7. The Morgan fingerprint density at radius 2 is 1.91 bits per heavy atom. The first-order chi connectivity index (χ1) is 15.8. The molecule has 1 saturated heterocycles. The van der Waals surface area contributed by atoms with Gasteiger partial charge in [-0.25, -0.2) is 4.79 Å². The fourth-order valence-corrected chi connectivity index (χ4v) is 3.98. The Hall–Kier alpha value is -2.88. The molecule has 1 aliphatic heterocycles.